The standard InChI is InChI=1S/C49H70/c1-16-47(13)29-19-22-38(26-33-47)25-32-44(7,8)41(39-23-20-30-48(14,17-2)34-27-39)37-45(9,10)46(11,12)42(36-43(4,5)6)40-24-21-31-49(15,18-3)35-28-40/h16,18-35,41-42H,1,3,17,36-37H2,2,4-15H3/b32-25-. The molecule has 0 fully saturated rings. The molecule has 0 radical (unpaired) electrons. The van der Waals surface area contributed by atoms with Crippen LogP contribution in [0.1, 0.15) is 109 Å². The molecule has 3 rings (SSSR count). The minimum absolute atomic E-state index is 0.000108. The van der Waals surface area contributed by atoms with Gasteiger partial charge in [-0.1, -0.05) is 192 Å². The van der Waals surface area contributed by atoms with Crippen molar-refractivity contribution < 1.29 is 0 Å². The Morgan fingerprint density at radius 1 is 0.633 bits per heavy atom. The molecule has 0 N–H and O–H groups in total. The fourth-order valence-corrected chi connectivity index (χ4v) is 7.25. The maximum atomic E-state index is 4.13. The van der Waals surface area contributed by atoms with E-state index in [1.54, 1.807) is 0 Å². The summed E-state index contributed by atoms with van der Waals surface area (Å²) in [5.74, 6) is 0.685. The van der Waals surface area contributed by atoms with Crippen molar-refractivity contribution in [3.8, 4) is 0 Å². The summed E-state index contributed by atoms with van der Waals surface area (Å²) in [5, 5.41) is 0. The van der Waals surface area contributed by atoms with Crippen molar-refractivity contribution in [3.05, 3.63) is 145 Å². The second-order valence-corrected chi connectivity index (χ2v) is 18.9. The maximum absolute atomic E-state index is 4.13. The summed E-state index contributed by atoms with van der Waals surface area (Å²) in [5.41, 5.74) is 3.94. The molecular weight excluding hydrogens is 589 g/mol. The summed E-state index contributed by atoms with van der Waals surface area (Å²) in [7, 11) is 0. The highest BCUT2D eigenvalue weighted by Gasteiger charge is 2.48. The van der Waals surface area contributed by atoms with E-state index in [0.717, 1.165) is 19.3 Å². The summed E-state index contributed by atoms with van der Waals surface area (Å²) in [6, 6.07) is 0. The molecule has 0 amide bonds. The van der Waals surface area contributed by atoms with Crippen LogP contribution in [0.2, 0.25) is 0 Å². The quantitative estimate of drug-likeness (QED) is 0.173. The third kappa shape index (κ3) is 10.2. The van der Waals surface area contributed by atoms with Crippen molar-refractivity contribution in [2.45, 2.75) is 109 Å². The molecule has 0 spiro atoms. The van der Waals surface area contributed by atoms with E-state index in [4.69, 9.17) is 0 Å². The molecule has 0 heteroatoms. The first-order chi connectivity index (χ1) is 22.5. The van der Waals surface area contributed by atoms with E-state index in [1.807, 2.05) is 12.2 Å². The first-order valence-electron chi connectivity index (χ1n) is 18.8. The Morgan fingerprint density at radius 3 is 1.69 bits per heavy atom. The predicted molar refractivity (Wildman–Crippen MR) is 220 cm³/mol. The lowest BCUT2D eigenvalue weighted by Crippen LogP contribution is -2.44. The fraction of sp³-hybridized carbons (Fsp3) is 0.510. The van der Waals surface area contributed by atoms with Crippen LogP contribution in [0, 0.1) is 49.7 Å². The molecule has 0 heterocycles. The van der Waals surface area contributed by atoms with Crippen molar-refractivity contribution in [2.24, 2.45) is 49.7 Å². The van der Waals surface area contributed by atoms with Crippen LogP contribution < -0.4 is 0 Å². The van der Waals surface area contributed by atoms with Gasteiger partial charge in [-0.05, 0) is 83.3 Å². The summed E-state index contributed by atoms with van der Waals surface area (Å²) < 4.78 is 0. The zero-order valence-corrected chi connectivity index (χ0v) is 33.7. The highest BCUT2D eigenvalue weighted by molar-refractivity contribution is 5.42. The van der Waals surface area contributed by atoms with Gasteiger partial charge in [0.1, 0.15) is 0 Å². The van der Waals surface area contributed by atoms with Crippen LogP contribution in [0.15, 0.2) is 145 Å². The lowest BCUT2D eigenvalue weighted by atomic mass is 9.52. The Bertz CT molecular complexity index is 1520. The van der Waals surface area contributed by atoms with E-state index in [2.05, 4.69) is 206 Å². The van der Waals surface area contributed by atoms with Crippen LogP contribution in [0.3, 0.4) is 0 Å². The number of rotatable bonds is 13. The van der Waals surface area contributed by atoms with Gasteiger partial charge in [-0.15, -0.1) is 13.2 Å². The Balaban J connectivity index is 2.11. The smallest absolute Gasteiger partial charge is 0.0217 e. The van der Waals surface area contributed by atoms with Crippen LogP contribution in [0.4, 0.5) is 0 Å². The zero-order valence-electron chi connectivity index (χ0n) is 33.7. The van der Waals surface area contributed by atoms with Gasteiger partial charge in [-0.3, -0.25) is 0 Å². The topological polar surface area (TPSA) is 0 Å². The first kappa shape index (κ1) is 40.3. The zero-order chi connectivity index (χ0) is 36.9. The number of hydrogen-bond acceptors (Lipinski definition) is 0. The molecule has 0 saturated heterocycles. The van der Waals surface area contributed by atoms with Crippen molar-refractivity contribution >= 4 is 0 Å². The largest absolute Gasteiger partial charge is 0.102 e. The minimum Gasteiger partial charge on any atom is -0.102 e. The van der Waals surface area contributed by atoms with Gasteiger partial charge in [0, 0.05) is 16.2 Å². The highest BCUT2D eigenvalue weighted by Crippen LogP contribution is 2.56. The normalized spacial score (nSPS) is 27.6. The Labute approximate surface area is 303 Å². The van der Waals surface area contributed by atoms with Gasteiger partial charge < -0.3 is 0 Å². The minimum atomic E-state index is -0.132. The molecule has 0 aromatic heterocycles. The summed E-state index contributed by atoms with van der Waals surface area (Å²) in [6.45, 7) is 39.5. The van der Waals surface area contributed by atoms with Gasteiger partial charge >= 0.3 is 0 Å². The molecular formula is C49H70. The van der Waals surface area contributed by atoms with Crippen molar-refractivity contribution in [2.75, 3.05) is 0 Å². The van der Waals surface area contributed by atoms with E-state index in [0.29, 0.717) is 11.8 Å². The lowest BCUT2D eigenvalue weighted by Gasteiger charge is -2.52. The fourth-order valence-electron chi connectivity index (χ4n) is 7.25. The number of allylic oxidation sites excluding steroid dienone is 22. The van der Waals surface area contributed by atoms with Crippen LogP contribution in [0.25, 0.3) is 0 Å². The molecule has 0 aliphatic heterocycles. The van der Waals surface area contributed by atoms with Gasteiger partial charge in [0.25, 0.3) is 0 Å². The van der Waals surface area contributed by atoms with E-state index in [-0.39, 0.29) is 37.9 Å². The highest BCUT2D eigenvalue weighted by atomic mass is 14.5. The Morgan fingerprint density at radius 2 is 1.14 bits per heavy atom. The van der Waals surface area contributed by atoms with Gasteiger partial charge in [-0.25, -0.2) is 0 Å². The van der Waals surface area contributed by atoms with Gasteiger partial charge in [-0.2, -0.15) is 0 Å². The second-order valence-electron chi connectivity index (χ2n) is 18.9. The Kier molecular flexibility index (Phi) is 12.3. The van der Waals surface area contributed by atoms with Crippen molar-refractivity contribution in [1.29, 1.82) is 0 Å². The molecule has 49 heavy (non-hydrogen) atoms. The molecule has 3 aliphatic carbocycles. The summed E-state index contributed by atoms with van der Waals surface area (Å²) in [6.07, 6.45) is 46.8. The first-order valence-corrected chi connectivity index (χ1v) is 18.8. The molecule has 0 aromatic rings. The van der Waals surface area contributed by atoms with E-state index in [1.165, 1.54) is 16.7 Å². The van der Waals surface area contributed by atoms with E-state index in [9.17, 15) is 0 Å². The molecule has 5 atom stereocenters. The molecule has 3 aliphatic rings. The van der Waals surface area contributed by atoms with Gasteiger partial charge in [0.15, 0.2) is 0 Å². The molecule has 0 aromatic carbocycles. The maximum Gasteiger partial charge on any atom is 0.0217 e. The molecule has 5 unspecified atom stereocenters. The van der Waals surface area contributed by atoms with Crippen LogP contribution in [-0.2, 0) is 0 Å². The lowest BCUT2D eigenvalue weighted by molar-refractivity contribution is 0.0111. The monoisotopic (exact) mass is 659 g/mol. The molecule has 0 saturated carbocycles. The number of hydrogen-bond donors (Lipinski definition) is 0. The molecule has 0 nitrogen and oxygen atoms in total. The molecule has 0 bridgehead atoms. The Hall–Kier alpha value is -3.12. The van der Waals surface area contributed by atoms with Crippen molar-refractivity contribution in [3.63, 3.8) is 0 Å². The third-order valence-electron chi connectivity index (χ3n) is 12.4. The summed E-state index contributed by atoms with van der Waals surface area (Å²) >= 11 is 0. The van der Waals surface area contributed by atoms with Gasteiger partial charge in [0.05, 0.1) is 0 Å². The SMILES string of the molecule is C=CC1(C)C=CC=C(/C=C\C(C)(C)C(CC(C)(C)C(C)(C)C(CC(C)(C)C)C2=CC=CC(C)(C=C)C=C2)C2=CC=CC(C)(CC)C=C2)C=C1. The molecule has 266 valence electrons. The van der Waals surface area contributed by atoms with Crippen LogP contribution in [-0.4, -0.2) is 0 Å². The van der Waals surface area contributed by atoms with Gasteiger partial charge in [0.2, 0.25) is 0 Å². The average Bonchev–Trinajstić information content (AvgIpc) is 3.44. The van der Waals surface area contributed by atoms with Crippen LogP contribution in [0.5, 0.6) is 0 Å². The van der Waals surface area contributed by atoms with Crippen LogP contribution >= 0.6 is 0 Å². The summed E-state index contributed by atoms with van der Waals surface area (Å²) in [4.78, 5) is 0. The predicted octanol–water partition coefficient (Wildman–Crippen LogP) is 14.6. The van der Waals surface area contributed by atoms with E-state index >= 15 is 0 Å². The second kappa shape index (κ2) is 15.0. The average molecular weight is 659 g/mol. The van der Waals surface area contributed by atoms with Crippen molar-refractivity contribution in [1.82, 2.24) is 0 Å². The third-order valence-corrected chi connectivity index (χ3v) is 12.4. The van der Waals surface area contributed by atoms with E-state index < -0.39 is 0 Å².